The minimum atomic E-state index is -1.11. The standard InChI is InChI=1S/C18H25NO4/c1-11-4-5-14(21)16(22)15(11)17-8-9-19(3)12(2)18(17,23)7-6-13(20)10-17/h4-5,12,21-23H,6-10H2,1-3H3/t12-,17-,18?/m1/s1. The van der Waals surface area contributed by atoms with E-state index in [1.165, 1.54) is 6.07 Å². The van der Waals surface area contributed by atoms with Gasteiger partial charge in [-0.2, -0.15) is 0 Å². The van der Waals surface area contributed by atoms with Crippen molar-refractivity contribution in [2.24, 2.45) is 0 Å². The number of carbonyl (C=O) groups is 1. The highest BCUT2D eigenvalue weighted by Gasteiger charge is 2.61. The molecule has 1 unspecified atom stereocenters. The highest BCUT2D eigenvalue weighted by Crippen LogP contribution is 2.56. The molecule has 1 saturated carbocycles. The first kappa shape index (κ1) is 16.3. The number of likely N-dealkylation sites (N-methyl/N-ethyl adjacent to an activating group) is 1. The van der Waals surface area contributed by atoms with E-state index in [4.69, 9.17) is 0 Å². The lowest BCUT2D eigenvalue weighted by Crippen LogP contribution is -2.69. The topological polar surface area (TPSA) is 81.0 Å². The Balaban J connectivity index is 2.27. The third-order valence-electron chi connectivity index (χ3n) is 6.20. The Bertz CT molecular complexity index is 659. The van der Waals surface area contributed by atoms with Crippen molar-refractivity contribution >= 4 is 5.78 Å². The molecule has 1 aromatic rings. The zero-order valence-electron chi connectivity index (χ0n) is 14.0. The van der Waals surface area contributed by atoms with Crippen LogP contribution < -0.4 is 0 Å². The summed E-state index contributed by atoms with van der Waals surface area (Å²) in [7, 11) is 1.97. The Labute approximate surface area is 136 Å². The second-order valence-corrected chi connectivity index (χ2v) is 7.25. The summed E-state index contributed by atoms with van der Waals surface area (Å²) in [4.78, 5) is 14.4. The maximum atomic E-state index is 12.3. The number of likely N-dealkylation sites (tertiary alicyclic amines) is 1. The molecule has 1 aliphatic carbocycles. The van der Waals surface area contributed by atoms with Gasteiger partial charge < -0.3 is 20.2 Å². The quantitative estimate of drug-likeness (QED) is 0.688. The third kappa shape index (κ3) is 2.10. The van der Waals surface area contributed by atoms with E-state index in [1.807, 2.05) is 20.9 Å². The average Bonchev–Trinajstić information content (AvgIpc) is 2.50. The highest BCUT2D eigenvalue weighted by atomic mass is 16.3. The van der Waals surface area contributed by atoms with Crippen LogP contribution >= 0.6 is 0 Å². The summed E-state index contributed by atoms with van der Waals surface area (Å²) in [5, 5.41) is 32.1. The Morgan fingerprint density at radius 2 is 1.96 bits per heavy atom. The molecule has 5 heteroatoms. The van der Waals surface area contributed by atoms with Gasteiger partial charge in [0.2, 0.25) is 0 Å². The average molecular weight is 319 g/mol. The molecule has 126 valence electrons. The molecule has 0 radical (unpaired) electrons. The summed E-state index contributed by atoms with van der Waals surface area (Å²) >= 11 is 0. The van der Waals surface area contributed by atoms with Crippen LogP contribution in [0.3, 0.4) is 0 Å². The zero-order valence-corrected chi connectivity index (χ0v) is 14.0. The van der Waals surface area contributed by atoms with Gasteiger partial charge in [-0.3, -0.25) is 4.79 Å². The number of hydrogen-bond acceptors (Lipinski definition) is 5. The van der Waals surface area contributed by atoms with Crippen molar-refractivity contribution in [1.82, 2.24) is 4.90 Å². The minimum absolute atomic E-state index is 0.105. The van der Waals surface area contributed by atoms with Gasteiger partial charge in [0.15, 0.2) is 11.5 Å². The number of aryl methyl sites for hydroxylation is 1. The lowest BCUT2D eigenvalue weighted by atomic mass is 9.53. The van der Waals surface area contributed by atoms with Gasteiger partial charge in [0.1, 0.15) is 5.78 Å². The lowest BCUT2D eigenvalue weighted by molar-refractivity contribution is -0.161. The number of fused-ring (bicyclic) bond motifs is 1. The van der Waals surface area contributed by atoms with Crippen LogP contribution in [0.15, 0.2) is 12.1 Å². The molecule has 3 rings (SSSR count). The number of piperidine rings is 1. The summed E-state index contributed by atoms with van der Waals surface area (Å²) < 4.78 is 0. The molecular formula is C18H25NO4. The molecule has 0 aromatic heterocycles. The minimum Gasteiger partial charge on any atom is -0.504 e. The first-order chi connectivity index (χ1) is 10.7. The molecule has 23 heavy (non-hydrogen) atoms. The molecule has 1 aromatic carbocycles. The van der Waals surface area contributed by atoms with Crippen LogP contribution in [0.1, 0.15) is 43.7 Å². The smallest absolute Gasteiger partial charge is 0.161 e. The molecule has 5 nitrogen and oxygen atoms in total. The van der Waals surface area contributed by atoms with Crippen molar-refractivity contribution in [2.45, 2.75) is 56.6 Å². The molecular weight excluding hydrogens is 294 g/mol. The number of rotatable bonds is 1. The van der Waals surface area contributed by atoms with Crippen LogP contribution in [0.5, 0.6) is 11.5 Å². The monoisotopic (exact) mass is 319 g/mol. The van der Waals surface area contributed by atoms with Gasteiger partial charge in [-0.1, -0.05) is 6.07 Å². The molecule has 2 aliphatic rings. The maximum absolute atomic E-state index is 12.3. The maximum Gasteiger partial charge on any atom is 0.161 e. The molecule has 0 amide bonds. The van der Waals surface area contributed by atoms with E-state index in [1.54, 1.807) is 6.07 Å². The number of aromatic hydroxyl groups is 2. The van der Waals surface area contributed by atoms with Crippen molar-refractivity contribution < 1.29 is 20.1 Å². The predicted molar refractivity (Wildman–Crippen MR) is 86.7 cm³/mol. The van der Waals surface area contributed by atoms with E-state index in [2.05, 4.69) is 4.90 Å². The van der Waals surface area contributed by atoms with E-state index in [9.17, 15) is 20.1 Å². The second kappa shape index (κ2) is 5.21. The van der Waals surface area contributed by atoms with Crippen molar-refractivity contribution in [2.75, 3.05) is 13.6 Å². The van der Waals surface area contributed by atoms with Crippen LogP contribution in [0.25, 0.3) is 0 Å². The van der Waals surface area contributed by atoms with Crippen LogP contribution in [0, 0.1) is 6.92 Å². The van der Waals surface area contributed by atoms with Gasteiger partial charge in [0.05, 0.1) is 5.60 Å². The number of Topliss-reactive ketones (excluding diaryl/α,β-unsaturated/α-hetero) is 1. The number of phenols is 2. The number of hydrogen-bond donors (Lipinski definition) is 3. The summed E-state index contributed by atoms with van der Waals surface area (Å²) in [5.74, 6) is -0.296. The Morgan fingerprint density at radius 1 is 1.26 bits per heavy atom. The second-order valence-electron chi connectivity index (χ2n) is 7.25. The number of ketones is 1. The third-order valence-corrected chi connectivity index (χ3v) is 6.20. The number of benzene rings is 1. The van der Waals surface area contributed by atoms with Crippen molar-refractivity contribution in [3.8, 4) is 11.5 Å². The van der Waals surface area contributed by atoms with Crippen LogP contribution in [0.4, 0.5) is 0 Å². The SMILES string of the molecule is Cc1ccc(O)c(O)c1[C@]12CCN(C)[C@H](C)C1(O)CCC(=O)C2. The van der Waals surface area contributed by atoms with Gasteiger partial charge in [0, 0.05) is 29.9 Å². The van der Waals surface area contributed by atoms with Crippen molar-refractivity contribution in [3.05, 3.63) is 23.3 Å². The fraction of sp³-hybridized carbons (Fsp3) is 0.611. The molecule has 1 heterocycles. The number of carbonyl (C=O) groups excluding carboxylic acids is 1. The summed E-state index contributed by atoms with van der Waals surface area (Å²) in [6.45, 7) is 4.55. The molecule has 0 bridgehead atoms. The van der Waals surface area contributed by atoms with E-state index in [0.717, 1.165) is 12.1 Å². The first-order valence-electron chi connectivity index (χ1n) is 8.19. The molecule has 1 saturated heterocycles. The number of nitrogens with zero attached hydrogens (tertiary/aromatic N) is 1. The predicted octanol–water partition coefficient (Wildman–Crippen LogP) is 1.85. The van der Waals surface area contributed by atoms with Crippen LogP contribution in [-0.4, -0.2) is 51.2 Å². The van der Waals surface area contributed by atoms with Gasteiger partial charge in [0.25, 0.3) is 0 Å². The highest BCUT2D eigenvalue weighted by molar-refractivity contribution is 5.82. The Hall–Kier alpha value is -1.59. The summed E-state index contributed by atoms with van der Waals surface area (Å²) in [6, 6.07) is 3.06. The fourth-order valence-corrected chi connectivity index (χ4v) is 4.70. The zero-order chi connectivity index (χ0) is 17.0. The van der Waals surface area contributed by atoms with Gasteiger partial charge in [-0.25, -0.2) is 0 Å². The fourth-order valence-electron chi connectivity index (χ4n) is 4.70. The van der Waals surface area contributed by atoms with E-state index in [0.29, 0.717) is 24.8 Å². The van der Waals surface area contributed by atoms with Gasteiger partial charge in [-0.15, -0.1) is 0 Å². The largest absolute Gasteiger partial charge is 0.504 e. The van der Waals surface area contributed by atoms with Crippen molar-refractivity contribution in [1.29, 1.82) is 0 Å². The number of phenolic OH excluding ortho intramolecular Hbond substituents is 2. The molecule has 2 fully saturated rings. The van der Waals surface area contributed by atoms with Gasteiger partial charge >= 0.3 is 0 Å². The lowest BCUT2D eigenvalue weighted by Gasteiger charge is -2.59. The van der Waals surface area contributed by atoms with E-state index in [-0.39, 0.29) is 29.7 Å². The first-order valence-corrected chi connectivity index (χ1v) is 8.19. The van der Waals surface area contributed by atoms with Crippen LogP contribution in [0.2, 0.25) is 0 Å². The van der Waals surface area contributed by atoms with Gasteiger partial charge in [-0.05, 0) is 51.9 Å². The molecule has 3 N–H and O–H groups in total. The summed E-state index contributed by atoms with van der Waals surface area (Å²) in [6.07, 6.45) is 1.52. The van der Waals surface area contributed by atoms with E-state index >= 15 is 0 Å². The van der Waals surface area contributed by atoms with E-state index < -0.39 is 11.0 Å². The van der Waals surface area contributed by atoms with Crippen LogP contribution in [-0.2, 0) is 10.2 Å². The Kier molecular flexibility index (Phi) is 3.69. The summed E-state index contributed by atoms with van der Waals surface area (Å²) in [5.41, 5.74) is -0.622. The molecule has 1 aliphatic heterocycles. The normalized spacial score (nSPS) is 35.1. The number of aliphatic hydroxyl groups is 1. The van der Waals surface area contributed by atoms with Crippen molar-refractivity contribution in [3.63, 3.8) is 0 Å². The Morgan fingerprint density at radius 3 is 2.65 bits per heavy atom. The molecule has 0 spiro atoms. The molecule has 3 atom stereocenters.